The Morgan fingerprint density at radius 3 is 2.63 bits per heavy atom. The van der Waals surface area contributed by atoms with Crippen molar-refractivity contribution in [1.29, 1.82) is 0 Å². The van der Waals surface area contributed by atoms with Crippen LogP contribution in [0.1, 0.15) is 25.8 Å². The maximum absolute atomic E-state index is 14.3. The van der Waals surface area contributed by atoms with Crippen molar-refractivity contribution in [1.82, 2.24) is 10.2 Å². The monoisotopic (exact) mass is 268 g/mol. The third kappa shape index (κ3) is 3.98. The molecule has 0 aliphatic carbocycles. The number of benzene rings is 1. The van der Waals surface area contributed by atoms with Gasteiger partial charge >= 0.3 is 0 Å². The normalized spacial score (nSPS) is 21.1. The highest BCUT2D eigenvalue weighted by molar-refractivity contribution is 5.20. The SMILES string of the molecule is CC1(C)CN(CC(F)(F)c2ccccc2)CCCN1. The zero-order valence-electron chi connectivity index (χ0n) is 11.6. The molecular formula is C15H22F2N2. The molecule has 2 nitrogen and oxygen atoms in total. The van der Waals surface area contributed by atoms with Crippen molar-refractivity contribution < 1.29 is 8.78 Å². The first-order valence-electron chi connectivity index (χ1n) is 6.80. The van der Waals surface area contributed by atoms with E-state index in [-0.39, 0.29) is 17.6 Å². The summed E-state index contributed by atoms with van der Waals surface area (Å²) in [5.41, 5.74) is -0.00601. The van der Waals surface area contributed by atoms with Crippen molar-refractivity contribution in [2.45, 2.75) is 31.7 Å². The Balaban J connectivity index is 2.07. The minimum atomic E-state index is -2.79. The van der Waals surface area contributed by atoms with E-state index < -0.39 is 5.92 Å². The summed E-state index contributed by atoms with van der Waals surface area (Å²) in [6.07, 6.45) is 0.911. The van der Waals surface area contributed by atoms with Gasteiger partial charge in [-0.15, -0.1) is 0 Å². The Morgan fingerprint density at radius 1 is 1.26 bits per heavy atom. The molecule has 1 aromatic rings. The summed E-state index contributed by atoms with van der Waals surface area (Å²) in [5.74, 6) is -2.79. The Kier molecular flexibility index (Phi) is 4.21. The zero-order valence-corrected chi connectivity index (χ0v) is 11.6. The number of rotatable bonds is 3. The van der Waals surface area contributed by atoms with Gasteiger partial charge in [0.25, 0.3) is 5.92 Å². The largest absolute Gasteiger partial charge is 0.310 e. The van der Waals surface area contributed by atoms with Gasteiger partial charge in [-0.05, 0) is 33.4 Å². The van der Waals surface area contributed by atoms with E-state index in [0.717, 1.165) is 19.5 Å². The van der Waals surface area contributed by atoms with Crippen LogP contribution in [0.4, 0.5) is 8.78 Å². The molecule has 0 saturated carbocycles. The first-order chi connectivity index (χ1) is 8.89. The smallest absolute Gasteiger partial charge is 0.285 e. The minimum Gasteiger partial charge on any atom is -0.310 e. The summed E-state index contributed by atoms with van der Waals surface area (Å²) in [7, 11) is 0. The van der Waals surface area contributed by atoms with Crippen LogP contribution in [0, 0.1) is 0 Å². The van der Waals surface area contributed by atoms with Crippen LogP contribution in [-0.2, 0) is 5.92 Å². The quantitative estimate of drug-likeness (QED) is 0.907. The summed E-state index contributed by atoms with van der Waals surface area (Å²) in [6, 6.07) is 8.09. The molecule has 0 amide bonds. The van der Waals surface area contributed by atoms with Crippen molar-refractivity contribution in [3.63, 3.8) is 0 Å². The highest BCUT2D eigenvalue weighted by Crippen LogP contribution is 2.29. The summed E-state index contributed by atoms with van der Waals surface area (Å²) in [6.45, 7) is 6.18. The van der Waals surface area contributed by atoms with Crippen LogP contribution in [0.3, 0.4) is 0 Å². The van der Waals surface area contributed by atoms with E-state index in [9.17, 15) is 8.78 Å². The van der Waals surface area contributed by atoms with Crippen LogP contribution < -0.4 is 5.32 Å². The number of alkyl halides is 2. The fraction of sp³-hybridized carbons (Fsp3) is 0.600. The van der Waals surface area contributed by atoms with Crippen molar-refractivity contribution in [2.75, 3.05) is 26.2 Å². The van der Waals surface area contributed by atoms with E-state index in [2.05, 4.69) is 19.2 Å². The molecule has 4 heteroatoms. The molecule has 1 heterocycles. The highest BCUT2D eigenvalue weighted by atomic mass is 19.3. The van der Waals surface area contributed by atoms with Crippen LogP contribution in [0.5, 0.6) is 0 Å². The second-order valence-electron chi connectivity index (χ2n) is 5.95. The summed E-state index contributed by atoms with van der Waals surface area (Å²) >= 11 is 0. The second-order valence-corrected chi connectivity index (χ2v) is 5.95. The maximum Gasteiger partial charge on any atom is 0.285 e. The first-order valence-corrected chi connectivity index (χ1v) is 6.80. The fourth-order valence-corrected chi connectivity index (χ4v) is 2.61. The summed E-state index contributed by atoms with van der Waals surface area (Å²) in [5, 5.41) is 3.39. The van der Waals surface area contributed by atoms with Gasteiger partial charge in [0.2, 0.25) is 0 Å². The molecule has 0 radical (unpaired) electrons. The lowest BCUT2D eigenvalue weighted by Gasteiger charge is -2.32. The lowest BCUT2D eigenvalue weighted by atomic mass is 10.0. The number of nitrogens with zero attached hydrogens (tertiary/aromatic N) is 1. The fourth-order valence-electron chi connectivity index (χ4n) is 2.61. The predicted molar refractivity (Wildman–Crippen MR) is 73.5 cm³/mol. The molecule has 1 fully saturated rings. The van der Waals surface area contributed by atoms with E-state index in [1.54, 1.807) is 18.2 Å². The van der Waals surface area contributed by atoms with Gasteiger partial charge in [-0.2, -0.15) is 8.78 Å². The molecule has 19 heavy (non-hydrogen) atoms. The molecule has 1 saturated heterocycles. The third-order valence-corrected chi connectivity index (χ3v) is 3.49. The third-order valence-electron chi connectivity index (χ3n) is 3.49. The zero-order chi connectivity index (χ0) is 13.9. The predicted octanol–water partition coefficient (Wildman–Crippen LogP) is 2.85. The van der Waals surface area contributed by atoms with Gasteiger partial charge in [0.05, 0.1) is 6.54 Å². The molecular weight excluding hydrogens is 246 g/mol. The van der Waals surface area contributed by atoms with Gasteiger partial charge in [0.15, 0.2) is 0 Å². The number of nitrogens with one attached hydrogen (secondary N) is 1. The Hall–Kier alpha value is -1.00. The van der Waals surface area contributed by atoms with Crippen LogP contribution >= 0.6 is 0 Å². The maximum atomic E-state index is 14.3. The van der Waals surface area contributed by atoms with Gasteiger partial charge in [0.1, 0.15) is 0 Å². The number of hydrogen-bond donors (Lipinski definition) is 1. The lowest BCUT2D eigenvalue weighted by Crippen LogP contribution is -2.48. The number of hydrogen-bond acceptors (Lipinski definition) is 2. The van der Waals surface area contributed by atoms with Gasteiger partial charge in [-0.1, -0.05) is 30.3 Å². The summed E-state index contributed by atoms with van der Waals surface area (Å²) in [4.78, 5) is 1.87. The van der Waals surface area contributed by atoms with E-state index in [4.69, 9.17) is 0 Å². The average Bonchev–Trinajstić information content (AvgIpc) is 2.50. The first kappa shape index (κ1) is 14.4. The Labute approximate surface area is 113 Å². The molecule has 1 aromatic carbocycles. The average molecular weight is 268 g/mol. The molecule has 1 aliphatic heterocycles. The van der Waals surface area contributed by atoms with Gasteiger partial charge in [-0.3, -0.25) is 4.90 Å². The van der Waals surface area contributed by atoms with Crippen LogP contribution in [0.25, 0.3) is 0 Å². The molecule has 0 atom stereocenters. The molecule has 106 valence electrons. The molecule has 0 unspecified atom stereocenters. The topological polar surface area (TPSA) is 15.3 Å². The highest BCUT2D eigenvalue weighted by Gasteiger charge is 2.36. The van der Waals surface area contributed by atoms with Gasteiger partial charge in [-0.25, -0.2) is 0 Å². The van der Waals surface area contributed by atoms with Crippen molar-refractivity contribution in [3.05, 3.63) is 35.9 Å². The minimum absolute atomic E-state index is 0.102. The van der Waals surface area contributed by atoms with Crippen molar-refractivity contribution in [2.24, 2.45) is 0 Å². The lowest BCUT2D eigenvalue weighted by molar-refractivity contribution is -0.0400. The molecule has 0 spiro atoms. The van der Waals surface area contributed by atoms with Crippen molar-refractivity contribution in [3.8, 4) is 0 Å². The Bertz CT molecular complexity index is 404. The Morgan fingerprint density at radius 2 is 1.95 bits per heavy atom. The van der Waals surface area contributed by atoms with E-state index in [1.165, 1.54) is 12.1 Å². The molecule has 1 N–H and O–H groups in total. The van der Waals surface area contributed by atoms with Crippen LogP contribution in [0.2, 0.25) is 0 Å². The van der Waals surface area contributed by atoms with E-state index >= 15 is 0 Å². The van der Waals surface area contributed by atoms with E-state index in [1.807, 2.05) is 4.90 Å². The van der Waals surface area contributed by atoms with Crippen molar-refractivity contribution >= 4 is 0 Å². The van der Waals surface area contributed by atoms with Gasteiger partial charge < -0.3 is 5.32 Å². The van der Waals surface area contributed by atoms with Crippen LogP contribution in [0.15, 0.2) is 30.3 Å². The molecule has 0 aromatic heterocycles. The van der Waals surface area contributed by atoms with Gasteiger partial charge in [0, 0.05) is 17.6 Å². The second kappa shape index (κ2) is 5.55. The molecule has 0 bridgehead atoms. The van der Waals surface area contributed by atoms with Crippen LogP contribution in [-0.4, -0.2) is 36.6 Å². The standard InChI is InChI=1S/C15H22F2N2/c1-14(2)11-19(10-6-9-18-14)12-15(16,17)13-7-4-3-5-8-13/h3-5,7-8,18H,6,9-12H2,1-2H3. The number of halogens is 2. The molecule has 1 aliphatic rings. The van der Waals surface area contributed by atoms with E-state index in [0.29, 0.717) is 6.54 Å². The molecule has 2 rings (SSSR count). The summed E-state index contributed by atoms with van der Waals surface area (Å²) < 4.78 is 28.5.